The lowest BCUT2D eigenvalue weighted by Crippen LogP contribution is -2.34. The molecule has 2 aromatic carbocycles. The van der Waals surface area contributed by atoms with E-state index in [-0.39, 0.29) is 12.6 Å². The number of ether oxygens (including phenoxy) is 2. The van der Waals surface area contributed by atoms with E-state index < -0.39 is 11.0 Å². The van der Waals surface area contributed by atoms with Crippen molar-refractivity contribution in [2.45, 2.75) is 37.7 Å². The number of esters is 1. The summed E-state index contributed by atoms with van der Waals surface area (Å²) in [6.07, 6.45) is 3.57. The molecule has 0 radical (unpaired) electrons. The molecule has 0 spiro atoms. The third-order valence-corrected chi connectivity index (χ3v) is 5.57. The Morgan fingerprint density at radius 2 is 1.82 bits per heavy atom. The van der Waals surface area contributed by atoms with E-state index >= 15 is 0 Å². The van der Waals surface area contributed by atoms with Gasteiger partial charge < -0.3 is 13.9 Å². The van der Waals surface area contributed by atoms with Crippen LogP contribution in [-0.2, 0) is 21.6 Å². The van der Waals surface area contributed by atoms with Gasteiger partial charge in [-0.1, -0.05) is 43.2 Å². The standard InChI is InChI=1S/C23H22O5/c1-26-18-9-10-19-16(13-21(24)28-20(19)14-18)15-27-22(25)23(11-5-6-12-23)17-7-3-2-4-8-17/h2-4,7-10,13-14H,5-6,11-12,15H2,1H3. The molecule has 4 rings (SSSR count). The molecular formula is C23H22O5. The largest absolute Gasteiger partial charge is 0.497 e. The van der Waals surface area contributed by atoms with Crippen molar-refractivity contribution in [1.82, 2.24) is 0 Å². The molecule has 0 bridgehead atoms. The molecule has 1 heterocycles. The lowest BCUT2D eigenvalue weighted by atomic mass is 9.79. The van der Waals surface area contributed by atoms with E-state index in [0.29, 0.717) is 16.9 Å². The van der Waals surface area contributed by atoms with E-state index in [1.54, 1.807) is 19.2 Å². The number of benzene rings is 2. The Labute approximate surface area is 162 Å². The van der Waals surface area contributed by atoms with Gasteiger partial charge >= 0.3 is 11.6 Å². The Morgan fingerprint density at radius 3 is 2.54 bits per heavy atom. The van der Waals surface area contributed by atoms with Crippen molar-refractivity contribution < 1.29 is 18.7 Å². The number of hydrogen-bond acceptors (Lipinski definition) is 5. The number of fused-ring (bicyclic) bond motifs is 1. The van der Waals surface area contributed by atoms with E-state index in [1.165, 1.54) is 6.07 Å². The highest BCUT2D eigenvalue weighted by atomic mass is 16.5. The molecule has 1 fully saturated rings. The van der Waals surface area contributed by atoms with Crippen LogP contribution in [0.2, 0.25) is 0 Å². The maximum Gasteiger partial charge on any atom is 0.336 e. The summed E-state index contributed by atoms with van der Waals surface area (Å²) in [7, 11) is 1.55. The first kappa shape index (κ1) is 18.3. The number of carbonyl (C=O) groups excluding carboxylic acids is 1. The van der Waals surface area contributed by atoms with Crippen LogP contribution in [0, 0.1) is 0 Å². The fraction of sp³-hybridized carbons (Fsp3) is 0.304. The van der Waals surface area contributed by atoms with Crippen molar-refractivity contribution in [3.63, 3.8) is 0 Å². The summed E-state index contributed by atoms with van der Waals surface area (Å²) in [5.41, 5.74) is 0.963. The average molecular weight is 378 g/mol. The molecule has 0 saturated heterocycles. The van der Waals surface area contributed by atoms with Crippen LogP contribution in [0.25, 0.3) is 11.0 Å². The summed E-state index contributed by atoms with van der Waals surface area (Å²) in [5, 5.41) is 0.730. The molecule has 0 unspecified atom stereocenters. The van der Waals surface area contributed by atoms with Gasteiger partial charge in [-0.05, 0) is 30.5 Å². The van der Waals surface area contributed by atoms with Crippen molar-refractivity contribution in [1.29, 1.82) is 0 Å². The topological polar surface area (TPSA) is 65.7 Å². The molecule has 5 heteroatoms. The maximum atomic E-state index is 13.1. The van der Waals surface area contributed by atoms with E-state index in [2.05, 4.69) is 0 Å². The second-order valence-electron chi connectivity index (χ2n) is 7.18. The molecule has 1 aliphatic rings. The van der Waals surface area contributed by atoms with Gasteiger partial charge in [-0.2, -0.15) is 0 Å². The van der Waals surface area contributed by atoms with Crippen LogP contribution in [0.3, 0.4) is 0 Å². The zero-order chi connectivity index (χ0) is 19.6. The lowest BCUT2D eigenvalue weighted by Gasteiger charge is -2.27. The van der Waals surface area contributed by atoms with Crippen molar-refractivity contribution >= 4 is 16.9 Å². The van der Waals surface area contributed by atoms with Gasteiger partial charge in [0.05, 0.1) is 12.5 Å². The van der Waals surface area contributed by atoms with Gasteiger partial charge in [0.1, 0.15) is 17.9 Å². The molecule has 0 aliphatic heterocycles. The van der Waals surface area contributed by atoms with Gasteiger partial charge in [0.25, 0.3) is 0 Å². The molecule has 0 N–H and O–H groups in total. The van der Waals surface area contributed by atoms with Crippen molar-refractivity contribution in [3.8, 4) is 5.75 Å². The first-order valence-corrected chi connectivity index (χ1v) is 9.46. The predicted octanol–water partition coefficient (Wildman–Crippen LogP) is 4.36. The van der Waals surface area contributed by atoms with Gasteiger partial charge in [-0.3, -0.25) is 4.79 Å². The second-order valence-corrected chi connectivity index (χ2v) is 7.18. The lowest BCUT2D eigenvalue weighted by molar-refractivity contribution is -0.152. The highest BCUT2D eigenvalue weighted by molar-refractivity contribution is 5.85. The molecule has 0 atom stereocenters. The second kappa shape index (κ2) is 7.50. The van der Waals surface area contributed by atoms with E-state index in [4.69, 9.17) is 13.9 Å². The molecule has 28 heavy (non-hydrogen) atoms. The third-order valence-electron chi connectivity index (χ3n) is 5.57. The summed E-state index contributed by atoms with van der Waals surface area (Å²) in [4.78, 5) is 25.1. The first-order chi connectivity index (χ1) is 13.6. The van der Waals surface area contributed by atoms with Crippen molar-refractivity contribution in [2.24, 2.45) is 0 Å². The Morgan fingerprint density at radius 1 is 1.07 bits per heavy atom. The molecular weight excluding hydrogens is 356 g/mol. The molecule has 5 nitrogen and oxygen atoms in total. The quantitative estimate of drug-likeness (QED) is 0.488. The van der Waals surface area contributed by atoms with Crippen molar-refractivity contribution in [2.75, 3.05) is 7.11 Å². The zero-order valence-corrected chi connectivity index (χ0v) is 15.8. The van der Waals surface area contributed by atoms with Crippen LogP contribution in [0.4, 0.5) is 0 Å². The number of methoxy groups -OCH3 is 1. The number of carbonyl (C=O) groups is 1. The monoisotopic (exact) mass is 378 g/mol. The normalized spacial score (nSPS) is 15.5. The molecule has 3 aromatic rings. The third kappa shape index (κ3) is 3.28. The van der Waals surface area contributed by atoms with E-state index in [1.807, 2.05) is 36.4 Å². The highest BCUT2D eigenvalue weighted by Crippen LogP contribution is 2.42. The Kier molecular flexibility index (Phi) is 4.90. The fourth-order valence-corrected chi connectivity index (χ4v) is 4.08. The maximum absolute atomic E-state index is 13.1. The zero-order valence-electron chi connectivity index (χ0n) is 15.8. The van der Waals surface area contributed by atoms with Gasteiger partial charge in [-0.25, -0.2) is 4.79 Å². The van der Waals surface area contributed by atoms with Gasteiger partial charge in [0, 0.05) is 23.1 Å². The highest BCUT2D eigenvalue weighted by Gasteiger charge is 2.44. The minimum absolute atomic E-state index is 0.0296. The summed E-state index contributed by atoms with van der Waals surface area (Å²) < 4.78 is 16.2. The SMILES string of the molecule is COc1ccc2c(COC(=O)C3(c4ccccc4)CCCC3)cc(=O)oc2c1. The minimum Gasteiger partial charge on any atom is -0.497 e. The Hall–Kier alpha value is -3.08. The van der Waals surface area contributed by atoms with Crippen LogP contribution >= 0.6 is 0 Å². The van der Waals surface area contributed by atoms with Gasteiger partial charge in [0.2, 0.25) is 0 Å². The van der Waals surface area contributed by atoms with Gasteiger partial charge in [-0.15, -0.1) is 0 Å². The number of hydrogen-bond donors (Lipinski definition) is 0. The average Bonchev–Trinajstić information content (AvgIpc) is 3.23. The Bertz CT molecular complexity index is 1050. The molecule has 144 valence electrons. The fourth-order valence-electron chi connectivity index (χ4n) is 4.08. The van der Waals surface area contributed by atoms with Crippen molar-refractivity contribution in [3.05, 3.63) is 76.1 Å². The van der Waals surface area contributed by atoms with Gasteiger partial charge in [0.15, 0.2) is 0 Å². The smallest absolute Gasteiger partial charge is 0.336 e. The van der Waals surface area contributed by atoms with Crippen LogP contribution in [0.15, 0.2) is 63.8 Å². The van der Waals surface area contributed by atoms with Crippen LogP contribution < -0.4 is 10.4 Å². The number of rotatable bonds is 5. The van der Waals surface area contributed by atoms with Crippen LogP contribution in [0.5, 0.6) is 5.75 Å². The van der Waals surface area contributed by atoms with E-state index in [0.717, 1.165) is 36.6 Å². The molecule has 1 saturated carbocycles. The molecule has 0 amide bonds. The van der Waals surface area contributed by atoms with Crippen LogP contribution in [-0.4, -0.2) is 13.1 Å². The summed E-state index contributed by atoms with van der Waals surface area (Å²) in [6.45, 7) is 0.0296. The minimum atomic E-state index is -0.597. The predicted molar refractivity (Wildman–Crippen MR) is 105 cm³/mol. The Balaban J connectivity index is 1.62. The summed E-state index contributed by atoms with van der Waals surface area (Å²) in [6, 6.07) is 16.5. The van der Waals surface area contributed by atoms with Crippen LogP contribution in [0.1, 0.15) is 36.8 Å². The molecule has 1 aliphatic carbocycles. The summed E-state index contributed by atoms with van der Waals surface area (Å²) >= 11 is 0. The van der Waals surface area contributed by atoms with E-state index in [9.17, 15) is 9.59 Å². The first-order valence-electron chi connectivity index (χ1n) is 9.46. The summed E-state index contributed by atoms with van der Waals surface area (Å²) in [5.74, 6) is 0.366. The molecule has 1 aromatic heterocycles.